The van der Waals surface area contributed by atoms with Crippen LogP contribution in [0.15, 0.2) is 24.3 Å². The number of hydrogen-bond donors (Lipinski definition) is 0. The molecule has 0 heterocycles. The molecule has 0 unspecified atom stereocenters. The maximum absolute atomic E-state index is 13.7. The van der Waals surface area contributed by atoms with Crippen LogP contribution in [0.2, 0.25) is 0 Å². The van der Waals surface area contributed by atoms with Crippen LogP contribution in [0.3, 0.4) is 0 Å². The topological polar surface area (TPSA) is 0 Å². The van der Waals surface area contributed by atoms with Crippen molar-refractivity contribution in [1.82, 2.24) is 0 Å². The molecule has 0 saturated heterocycles. The molecule has 0 aromatic heterocycles. The van der Waals surface area contributed by atoms with Gasteiger partial charge < -0.3 is 0 Å². The first kappa shape index (κ1) is 13.6. The molecular weight excluding hydrogens is 218 g/mol. The van der Waals surface area contributed by atoms with E-state index in [2.05, 4.69) is 13.8 Å². The van der Waals surface area contributed by atoms with Gasteiger partial charge in [0.15, 0.2) is 0 Å². The first-order valence-electron chi connectivity index (χ1n) is 6.29. The molecule has 0 aliphatic carbocycles. The Bertz CT molecular complexity index is 291. The summed E-state index contributed by atoms with van der Waals surface area (Å²) in [7, 11) is -0.263. The van der Waals surface area contributed by atoms with Gasteiger partial charge >= 0.3 is 0 Å². The Morgan fingerprint density at radius 2 is 1.56 bits per heavy atom. The summed E-state index contributed by atoms with van der Waals surface area (Å²) < 4.78 is 13.7. The maximum atomic E-state index is 13.7. The minimum absolute atomic E-state index is 0.000757. The summed E-state index contributed by atoms with van der Waals surface area (Å²) in [6.45, 7) is 4.41. The highest BCUT2D eigenvalue weighted by atomic mass is 31.1. The molecule has 0 bridgehead atoms. The van der Waals surface area contributed by atoms with E-state index >= 15 is 0 Å². The summed E-state index contributed by atoms with van der Waals surface area (Å²) in [4.78, 5) is 0. The predicted octanol–water partition coefficient (Wildman–Crippen LogP) is 4.53. The minimum atomic E-state index is -0.263. The normalized spacial score (nSPS) is 11.0. The quantitative estimate of drug-likeness (QED) is 0.614. The fourth-order valence-corrected chi connectivity index (χ4v) is 4.53. The molecule has 0 fully saturated rings. The van der Waals surface area contributed by atoms with Crippen molar-refractivity contribution in [3.8, 4) is 0 Å². The van der Waals surface area contributed by atoms with Crippen molar-refractivity contribution in [1.29, 1.82) is 0 Å². The van der Waals surface area contributed by atoms with Gasteiger partial charge in [-0.3, -0.25) is 0 Å². The van der Waals surface area contributed by atoms with Gasteiger partial charge in [0.25, 0.3) is 0 Å². The highest BCUT2D eigenvalue weighted by Gasteiger charge is 2.13. The first-order valence-corrected chi connectivity index (χ1v) is 8.00. The van der Waals surface area contributed by atoms with Crippen molar-refractivity contribution in [2.24, 2.45) is 0 Å². The lowest BCUT2D eigenvalue weighted by molar-refractivity contribution is 0.636. The number of hydrogen-bond acceptors (Lipinski definition) is 0. The van der Waals surface area contributed by atoms with E-state index in [1.165, 1.54) is 38.0 Å². The van der Waals surface area contributed by atoms with Crippen LogP contribution in [0, 0.1) is 5.82 Å². The van der Waals surface area contributed by atoms with Crippen LogP contribution in [0.1, 0.15) is 39.5 Å². The van der Waals surface area contributed by atoms with Crippen molar-refractivity contribution < 1.29 is 4.39 Å². The monoisotopic (exact) mass is 240 g/mol. The number of rotatable bonds is 7. The SMILES string of the molecule is CCCCP(CCCC)c1ccccc1F. The zero-order valence-corrected chi connectivity index (χ0v) is 11.3. The molecule has 0 nitrogen and oxygen atoms in total. The molecule has 1 aromatic carbocycles. The smallest absolute Gasteiger partial charge is 0.130 e. The molecule has 16 heavy (non-hydrogen) atoms. The molecule has 1 rings (SSSR count). The zero-order valence-electron chi connectivity index (χ0n) is 10.4. The van der Waals surface area contributed by atoms with Crippen molar-refractivity contribution in [2.75, 3.05) is 12.3 Å². The van der Waals surface area contributed by atoms with Crippen LogP contribution >= 0.6 is 7.92 Å². The van der Waals surface area contributed by atoms with E-state index in [1.54, 1.807) is 12.1 Å². The molecule has 2 heteroatoms. The second-order valence-corrected chi connectivity index (χ2v) is 6.60. The Morgan fingerprint density at radius 3 is 2.06 bits per heavy atom. The van der Waals surface area contributed by atoms with Gasteiger partial charge in [0.05, 0.1) is 0 Å². The fraction of sp³-hybridized carbons (Fsp3) is 0.571. The number of benzene rings is 1. The van der Waals surface area contributed by atoms with E-state index in [-0.39, 0.29) is 13.7 Å². The summed E-state index contributed by atoms with van der Waals surface area (Å²) >= 11 is 0. The highest BCUT2D eigenvalue weighted by molar-refractivity contribution is 7.65. The molecule has 0 N–H and O–H groups in total. The Labute approximate surface area is 100 Å². The van der Waals surface area contributed by atoms with E-state index in [9.17, 15) is 4.39 Å². The molecule has 0 aliphatic rings. The lowest BCUT2D eigenvalue weighted by Gasteiger charge is -2.18. The standard InChI is InChI=1S/C14H22FP/c1-3-5-11-16(12-6-4-2)14-10-8-7-9-13(14)15/h7-10H,3-6,11-12H2,1-2H3. The summed E-state index contributed by atoms with van der Waals surface area (Å²) in [6.07, 6.45) is 7.24. The van der Waals surface area contributed by atoms with Crippen LogP contribution in [-0.4, -0.2) is 12.3 Å². The molecule has 0 aliphatic heterocycles. The Balaban J connectivity index is 2.70. The minimum Gasteiger partial charge on any atom is -0.206 e. The van der Waals surface area contributed by atoms with Crippen LogP contribution in [0.5, 0.6) is 0 Å². The van der Waals surface area contributed by atoms with E-state index in [0.29, 0.717) is 0 Å². The third kappa shape index (κ3) is 4.22. The third-order valence-electron chi connectivity index (χ3n) is 2.76. The third-order valence-corrected chi connectivity index (χ3v) is 5.51. The molecule has 90 valence electrons. The second kappa shape index (κ2) is 7.79. The zero-order chi connectivity index (χ0) is 11.8. The Kier molecular flexibility index (Phi) is 6.64. The van der Waals surface area contributed by atoms with Crippen LogP contribution in [-0.2, 0) is 0 Å². The largest absolute Gasteiger partial charge is 0.206 e. The molecule has 0 saturated carbocycles. The highest BCUT2D eigenvalue weighted by Crippen LogP contribution is 2.37. The van der Waals surface area contributed by atoms with Gasteiger partial charge in [0.1, 0.15) is 5.82 Å². The van der Waals surface area contributed by atoms with E-state index in [1.807, 2.05) is 12.1 Å². The Hall–Kier alpha value is -0.420. The summed E-state index contributed by atoms with van der Waals surface area (Å²) in [5.74, 6) is 0.000757. The predicted molar refractivity (Wildman–Crippen MR) is 72.5 cm³/mol. The van der Waals surface area contributed by atoms with Crippen LogP contribution in [0.4, 0.5) is 4.39 Å². The molecule has 0 atom stereocenters. The van der Waals surface area contributed by atoms with Gasteiger partial charge in [-0.1, -0.05) is 52.8 Å². The lowest BCUT2D eigenvalue weighted by atomic mass is 10.3. The average molecular weight is 240 g/mol. The fourth-order valence-electron chi connectivity index (χ4n) is 1.76. The van der Waals surface area contributed by atoms with Gasteiger partial charge in [-0.25, -0.2) is 4.39 Å². The molecular formula is C14H22FP. The molecule has 0 amide bonds. The lowest BCUT2D eigenvalue weighted by Crippen LogP contribution is -2.10. The van der Waals surface area contributed by atoms with Gasteiger partial charge in [0, 0.05) is 5.30 Å². The second-order valence-electron chi connectivity index (χ2n) is 4.15. The first-order chi connectivity index (χ1) is 7.79. The van der Waals surface area contributed by atoms with E-state index in [4.69, 9.17) is 0 Å². The molecule has 0 spiro atoms. The van der Waals surface area contributed by atoms with Gasteiger partial charge in [-0.05, 0) is 31.2 Å². The van der Waals surface area contributed by atoms with Gasteiger partial charge in [0.2, 0.25) is 0 Å². The van der Waals surface area contributed by atoms with Crippen molar-refractivity contribution >= 4 is 13.2 Å². The molecule has 1 aromatic rings. The average Bonchev–Trinajstić information content (AvgIpc) is 2.31. The Morgan fingerprint density at radius 1 is 1.00 bits per heavy atom. The van der Waals surface area contributed by atoms with Gasteiger partial charge in [-0.2, -0.15) is 0 Å². The van der Waals surface area contributed by atoms with Crippen molar-refractivity contribution in [3.05, 3.63) is 30.1 Å². The summed E-state index contributed by atoms with van der Waals surface area (Å²) in [5.41, 5.74) is 0. The maximum Gasteiger partial charge on any atom is 0.130 e. The van der Waals surface area contributed by atoms with Crippen LogP contribution in [0.25, 0.3) is 0 Å². The number of halogens is 1. The van der Waals surface area contributed by atoms with Crippen molar-refractivity contribution in [3.63, 3.8) is 0 Å². The number of unbranched alkanes of at least 4 members (excludes halogenated alkanes) is 2. The molecule has 0 radical (unpaired) electrons. The summed E-state index contributed by atoms with van der Waals surface area (Å²) in [5, 5.41) is 0.986. The van der Waals surface area contributed by atoms with Crippen molar-refractivity contribution in [2.45, 2.75) is 39.5 Å². The van der Waals surface area contributed by atoms with Crippen LogP contribution < -0.4 is 5.30 Å². The van der Waals surface area contributed by atoms with Gasteiger partial charge in [-0.15, -0.1) is 0 Å². The summed E-state index contributed by atoms with van der Waals surface area (Å²) in [6, 6.07) is 7.33. The van der Waals surface area contributed by atoms with E-state index < -0.39 is 0 Å². The van der Waals surface area contributed by atoms with E-state index in [0.717, 1.165) is 5.30 Å².